The fourth-order valence-corrected chi connectivity index (χ4v) is 4.11. The number of rotatable bonds is 7. The van der Waals surface area contributed by atoms with Crippen LogP contribution in [0.2, 0.25) is 0 Å². The summed E-state index contributed by atoms with van der Waals surface area (Å²) in [6, 6.07) is 11.1. The standard InChI is InChI=1S/C20H30N6S.HI/c1-15(27-18-11-5-4-6-12-18)13-21-20(23-17-9-7-8-10-17)22-14-19-25-24-16(2)26(19)3;/h4-6,11-12,15,17H,7-10,13-14H2,1-3H3,(H2,21,22,23);1H. The lowest BCUT2D eigenvalue weighted by atomic mass is 10.2. The first-order chi connectivity index (χ1) is 13.1. The van der Waals surface area contributed by atoms with Crippen LogP contribution in [0, 0.1) is 6.92 Å². The van der Waals surface area contributed by atoms with Gasteiger partial charge in [0.1, 0.15) is 12.4 Å². The Bertz CT molecular complexity index is 742. The summed E-state index contributed by atoms with van der Waals surface area (Å²) >= 11 is 1.88. The van der Waals surface area contributed by atoms with Gasteiger partial charge in [-0.05, 0) is 31.9 Å². The van der Waals surface area contributed by atoms with Gasteiger partial charge >= 0.3 is 0 Å². The van der Waals surface area contributed by atoms with Crippen LogP contribution in [0.3, 0.4) is 0 Å². The molecule has 0 aliphatic heterocycles. The number of guanidine groups is 1. The van der Waals surface area contributed by atoms with Crippen molar-refractivity contribution >= 4 is 41.7 Å². The maximum Gasteiger partial charge on any atom is 0.191 e. The highest BCUT2D eigenvalue weighted by Crippen LogP contribution is 2.22. The van der Waals surface area contributed by atoms with Crippen molar-refractivity contribution < 1.29 is 0 Å². The highest BCUT2D eigenvalue weighted by molar-refractivity contribution is 14.0. The van der Waals surface area contributed by atoms with Crippen molar-refractivity contribution in [3.63, 3.8) is 0 Å². The van der Waals surface area contributed by atoms with E-state index in [9.17, 15) is 0 Å². The van der Waals surface area contributed by atoms with Gasteiger partial charge in [0.2, 0.25) is 0 Å². The number of hydrogen-bond donors (Lipinski definition) is 2. The second-order valence-electron chi connectivity index (χ2n) is 7.14. The maximum atomic E-state index is 4.77. The van der Waals surface area contributed by atoms with Crippen molar-refractivity contribution in [2.45, 2.75) is 62.3 Å². The number of benzene rings is 1. The molecular weight excluding hydrogens is 483 g/mol. The molecular formula is C20H31IN6S. The zero-order chi connectivity index (χ0) is 19.1. The van der Waals surface area contributed by atoms with Crippen molar-refractivity contribution in [3.8, 4) is 0 Å². The summed E-state index contributed by atoms with van der Waals surface area (Å²) in [5.41, 5.74) is 0. The maximum absolute atomic E-state index is 4.77. The Hall–Kier alpha value is -1.29. The minimum Gasteiger partial charge on any atom is -0.355 e. The van der Waals surface area contributed by atoms with Gasteiger partial charge in [0.05, 0.1) is 0 Å². The number of nitrogens with one attached hydrogen (secondary N) is 2. The molecule has 2 aromatic rings. The van der Waals surface area contributed by atoms with E-state index in [-0.39, 0.29) is 24.0 Å². The van der Waals surface area contributed by atoms with E-state index in [0.29, 0.717) is 17.8 Å². The largest absolute Gasteiger partial charge is 0.355 e. The third-order valence-electron chi connectivity index (χ3n) is 4.89. The quantitative estimate of drug-likeness (QED) is 0.254. The molecule has 0 radical (unpaired) electrons. The van der Waals surface area contributed by atoms with Crippen LogP contribution < -0.4 is 10.6 Å². The second-order valence-corrected chi connectivity index (χ2v) is 8.65. The van der Waals surface area contributed by atoms with Gasteiger partial charge in [-0.15, -0.1) is 45.9 Å². The molecule has 1 atom stereocenters. The third kappa shape index (κ3) is 6.95. The summed E-state index contributed by atoms with van der Waals surface area (Å²) in [5, 5.41) is 15.9. The summed E-state index contributed by atoms with van der Waals surface area (Å²) in [6.07, 6.45) is 5.04. The lowest BCUT2D eigenvalue weighted by molar-refractivity contribution is 0.610. The Labute approximate surface area is 189 Å². The number of hydrogen-bond acceptors (Lipinski definition) is 4. The van der Waals surface area contributed by atoms with Gasteiger partial charge in [0.25, 0.3) is 0 Å². The SMILES string of the molecule is Cc1nnc(CN=C(NCC(C)Sc2ccccc2)NC2CCCC2)n1C.I. The van der Waals surface area contributed by atoms with Crippen LogP contribution in [0.15, 0.2) is 40.2 Å². The topological polar surface area (TPSA) is 67.1 Å². The Balaban J connectivity index is 0.00000280. The molecule has 0 amide bonds. The van der Waals surface area contributed by atoms with E-state index < -0.39 is 0 Å². The molecule has 0 saturated heterocycles. The van der Waals surface area contributed by atoms with E-state index >= 15 is 0 Å². The van der Waals surface area contributed by atoms with E-state index in [2.05, 4.69) is 58.1 Å². The zero-order valence-electron chi connectivity index (χ0n) is 16.9. The van der Waals surface area contributed by atoms with Crippen molar-refractivity contribution in [2.75, 3.05) is 6.54 Å². The third-order valence-corrected chi connectivity index (χ3v) is 6.01. The first-order valence-electron chi connectivity index (χ1n) is 9.73. The van der Waals surface area contributed by atoms with Crippen LogP contribution in [-0.4, -0.2) is 38.6 Å². The molecule has 1 aliphatic rings. The van der Waals surface area contributed by atoms with Gasteiger partial charge in [0.15, 0.2) is 11.8 Å². The molecule has 1 saturated carbocycles. The summed E-state index contributed by atoms with van der Waals surface area (Å²) in [6.45, 7) is 5.58. The molecule has 0 bridgehead atoms. The molecule has 1 heterocycles. The Morgan fingerprint density at radius 1 is 1.25 bits per heavy atom. The number of nitrogens with zero attached hydrogens (tertiary/aromatic N) is 4. The number of halogens is 1. The summed E-state index contributed by atoms with van der Waals surface area (Å²) in [4.78, 5) is 6.07. The summed E-state index contributed by atoms with van der Waals surface area (Å²) in [7, 11) is 1.98. The van der Waals surface area contributed by atoms with Crippen molar-refractivity contribution in [1.29, 1.82) is 0 Å². The molecule has 1 aromatic heterocycles. The minimum absolute atomic E-state index is 0. The molecule has 8 heteroatoms. The zero-order valence-corrected chi connectivity index (χ0v) is 20.0. The smallest absolute Gasteiger partial charge is 0.191 e. The molecule has 154 valence electrons. The van der Waals surface area contributed by atoms with Gasteiger partial charge in [-0.25, -0.2) is 4.99 Å². The number of aryl methyl sites for hydroxylation is 1. The van der Waals surface area contributed by atoms with Crippen LogP contribution in [0.5, 0.6) is 0 Å². The molecule has 1 aromatic carbocycles. The number of thioether (sulfide) groups is 1. The first kappa shape index (κ1) is 23.0. The van der Waals surface area contributed by atoms with Gasteiger partial charge < -0.3 is 15.2 Å². The molecule has 1 fully saturated rings. The molecule has 2 N–H and O–H groups in total. The fourth-order valence-electron chi connectivity index (χ4n) is 3.17. The van der Waals surface area contributed by atoms with Crippen molar-refractivity contribution in [3.05, 3.63) is 42.0 Å². The van der Waals surface area contributed by atoms with Crippen LogP contribution >= 0.6 is 35.7 Å². The first-order valence-corrected chi connectivity index (χ1v) is 10.6. The fraction of sp³-hybridized carbons (Fsp3) is 0.550. The Kier molecular flexibility index (Phi) is 9.57. The van der Waals surface area contributed by atoms with Crippen molar-refractivity contribution in [1.82, 2.24) is 25.4 Å². The average molecular weight is 514 g/mol. The van der Waals surface area contributed by atoms with Gasteiger partial charge in [-0.3, -0.25) is 0 Å². The van der Waals surface area contributed by atoms with Crippen LogP contribution in [0.25, 0.3) is 0 Å². The summed E-state index contributed by atoms with van der Waals surface area (Å²) in [5.74, 6) is 2.67. The molecule has 1 aliphatic carbocycles. The molecule has 0 spiro atoms. The molecule has 28 heavy (non-hydrogen) atoms. The highest BCUT2D eigenvalue weighted by atomic mass is 127. The summed E-state index contributed by atoms with van der Waals surface area (Å²) < 4.78 is 1.99. The Morgan fingerprint density at radius 3 is 2.61 bits per heavy atom. The molecule has 3 rings (SSSR count). The monoisotopic (exact) mass is 514 g/mol. The van der Waals surface area contributed by atoms with Gasteiger partial charge in [0, 0.05) is 29.8 Å². The normalized spacial score (nSPS) is 15.9. The van der Waals surface area contributed by atoms with E-state index in [1.165, 1.54) is 30.6 Å². The van der Waals surface area contributed by atoms with E-state index in [0.717, 1.165) is 24.2 Å². The van der Waals surface area contributed by atoms with E-state index in [4.69, 9.17) is 4.99 Å². The van der Waals surface area contributed by atoms with Crippen LogP contribution in [-0.2, 0) is 13.6 Å². The van der Waals surface area contributed by atoms with Gasteiger partial charge in [-0.2, -0.15) is 0 Å². The van der Waals surface area contributed by atoms with Crippen LogP contribution in [0.1, 0.15) is 44.3 Å². The number of aromatic nitrogens is 3. The van der Waals surface area contributed by atoms with Gasteiger partial charge in [-0.1, -0.05) is 38.0 Å². The van der Waals surface area contributed by atoms with E-state index in [1.807, 2.05) is 30.3 Å². The lowest BCUT2D eigenvalue weighted by Gasteiger charge is -2.19. The van der Waals surface area contributed by atoms with Crippen LogP contribution in [0.4, 0.5) is 0 Å². The Morgan fingerprint density at radius 2 is 1.96 bits per heavy atom. The second kappa shape index (κ2) is 11.6. The highest BCUT2D eigenvalue weighted by Gasteiger charge is 2.17. The van der Waals surface area contributed by atoms with Crippen molar-refractivity contribution in [2.24, 2.45) is 12.0 Å². The lowest BCUT2D eigenvalue weighted by Crippen LogP contribution is -2.44. The molecule has 6 nitrogen and oxygen atoms in total. The van der Waals surface area contributed by atoms with E-state index in [1.54, 1.807) is 0 Å². The molecule has 1 unspecified atom stereocenters. The predicted octanol–water partition coefficient (Wildman–Crippen LogP) is 3.90. The predicted molar refractivity (Wildman–Crippen MR) is 127 cm³/mol. The average Bonchev–Trinajstić information content (AvgIpc) is 3.29. The number of aliphatic imine (C=N–C) groups is 1. The minimum atomic E-state index is 0.